The van der Waals surface area contributed by atoms with Crippen LogP contribution in [0.3, 0.4) is 0 Å². The van der Waals surface area contributed by atoms with Crippen LogP contribution in [0.4, 0.5) is 0 Å². The smallest absolute Gasteiger partial charge is 0.537 e. The summed E-state index contributed by atoms with van der Waals surface area (Å²) in [5, 5.41) is 18.6. The van der Waals surface area contributed by atoms with Crippen LogP contribution >= 0.6 is 11.3 Å². The number of carboxylic acids is 1. The van der Waals surface area contributed by atoms with Crippen molar-refractivity contribution in [1.82, 2.24) is 0 Å². The van der Waals surface area contributed by atoms with E-state index in [1.165, 1.54) is 11.3 Å². The van der Waals surface area contributed by atoms with Gasteiger partial charge in [0.25, 0.3) is 0 Å². The molecule has 1 heterocycles. The topological polar surface area (TPSA) is 92.8 Å². The maximum atomic E-state index is 10.4. The van der Waals surface area contributed by atoms with E-state index in [4.69, 9.17) is 15.9 Å². The standard InChI is InChI=1S/C7H9BNO4S/c9-6(7(10)11)2-5-1-4(3-14-5)13-8-12/h1,3,6,12H,2,9H2,(H,10,11)/t6-/m0/s1. The summed E-state index contributed by atoms with van der Waals surface area (Å²) >= 11 is 1.34. The summed E-state index contributed by atoms with van der Waals surface area (Å²) in [6.45, 7) is 0. The van der Waals surface area contributed by atoms with E-state index in [-0.39, 0.29) is 6.42 Å². The second-order valence-corrected chi connectivity index (χ2v) is 3.62. The quantitative estimate of drug-likeness (QED) is 0.580. The lowest BCUT2D eigenvalue weighted by atomic mass is 10.2. The van der Waals surface area contributed by atoms with Gasteiger partial charge in [0.2, 0.25) is 0 Å². The molecule has 0 fully saturated rings. The minimum atomic E-state index is -1.03. The van der Waals surface area contributed by atoms with Crippen LogP contribution in [-0.4, -0.2) is 29.8 Å². The summed E-state index contributed by atoms with van der Waals surface area (Å²) in [6.07, 6.45) is 0.259. The fraction of sp³-hybridized carbons (Fsp3) is 0.286. The molecule has 0 saturated heterocycles. The third-order valence-electron chi connectivity index (χ3n) is 1.56. The van der Waals surface area contributed by atoms with Crippen LogP contribution in [0.25, 0.3) is 0 Å². The Morgan fingerprint density at radius 3 is 3.07 bits per heavy atom. The van der Waals surface area contributed by atoms with E-state index in [1.54, 1.807) is 11.4 Å². The molecule has 0 unspecified atom stereocenters. The number of thiophene rings is 1. The average molecular weight is 214 g/mol. The highest BCUT2D eigenvalue weighted by Crippen LogP contribution is 2.22. The molecule has 75 valence electrons. The van der Waals surface area contributed by atoms with E-state index >= 15 is 0 Å². The van der Waals surface area contributed by atoms with E-state index in [0.717, 1.165) is 4.88 Å². The first kappa shape index (κ1) is 11.0. The van der Waals surface area contributed by atoms with Crippen LogP contribution < -0.4 is 10.4 Å². The van der Waals surface area contributed by atoms with Gasteiger partial charge in [-0.2, -0.15) is 0 Å². The molecule has 1 aromatic rings. The highest BCUT2D eigenvalue weighted by Gasteiger charge is 2.13. The molecule has 1 aromatic heterocycles. The van der Waals surface area contributed by atoms with Crippen LogP contribution in [-0.2, 0) is 11.2 Å². The largest absolute Gasteiger partial charge is 0.569 e. The first-order chi connectivity index (χ1) is 6.63. The number of carbonyl (C=O) groups is 1. The van der Waals surface area contributed by atoms with Gasteiger partial charge in [-0.3, -0.25) is 4.79 Å². The van der Waals surface area contributed by atoms with Crippen molar-refractivity contribution < 1.29 is 19.6 Å². The summed E-state index contributed by atoms with van der Waals surface area (Å²) in [4.78, 5) is 11.2. The van der Waals surface area contributed by atoms with Crippen molar-refractivity contribution in [2.24, 2.45) is 5.73 Å². The summed E-state index contributed by atoms with van der Waals surface area (Å²) in [5.74, 6) is -0.556. The molecule has 1 rings (SSSR count). The Hall–Kier alpha value is -1.05. The number of hydrogen-bond acceptors (Lipinski definition) is 5. The lowest BCUT2D eigenvalue weighted by Crippen LogP contribution is -2.31. The van der Waals surface area contributed by atoms with Crippen molar-refractivity contribution in [3.63, 3.8) is 0 Å². The Morgan fingerprint density at radius 1 is 1.79 bits per heavy atom. The first-order valence-corrected chi connectivity index (χ1v) is 4.70. The van der Waals surface area contributed by atoms with Gasteiger partial charge in [-0.05, 0) is 6.07 Å². The lowest BCUT2D eigenvalue weighted by molar-refractivity contribution is -0.138. The number of hydrogen-bond donors (Lipinski definition) is 3. The van der Waals surface area contributed by atoms with Gasteiger partial charge >= 0.3 is 13.7 Å². The van der Waals surface area contributed by atoms with Crippen molar-refractivity contribution in [1.29, 1.82) is 0 Å². The molecule has 4 N–H and O–H groups in total. The minimum absolute atomic E-state index is 0.259. The predicted octanol–water partition coefficient (Wildman–Crippen LogP) is -0.392. The van der Waals surface area contributed by atoms with Crippen LogP contribution in [0.5, 0.6) is 5.75 Å². The van der Waals surface area contributed by atoms with Gasteiger partial charge in [0, 0.05) is 16.7 Å². The van der Waals surface area contributed by atoms with Gasteiger partial charge in [0.05, 0.1) is 0 Å². The molecule has 0 bridgehead atoms. The Kier molecular flexibility index (Phi) is 3.93. The third-order valence-corrected chi connectivity index (χ3v) is 2.49. The highest BCUT2D eigenvalue weighted by atomic mass is 32.1. The molecule has 5 nitrogen and oxygen atoms in total. The maximum Gasteiger partial charge on any atom is 0.569 e. The Labute approximate surface area is 85.4 Å². The van der Waals surface area contributed by atoms with Gasteiger partial charge < -0.3 is 20.5 Å². The minimum Gasteiger partial charge on any atom is -0.537 e. The van der Waals surface area contributed by atoms with E-state index < -0.39 is 12.0 Å². The first-order valence-electron chi connectivity index (χ1n) is 3.82. The second kappa shape index (κ2) is 4.99. The molecule has 0 aliphatic carbocycles. The van der Waals surface area contributed by atoms with Crippen molar-refractivity contribution >= 4 is 25.0 Å². The zero-order valence-corrected chi connectivity index (χ0v) is 8.03. The third kappa shape index (κ3) is 3.02. The fourth-order valence-corrected chi connectivity index (χ4v) is 1.75. The molecule has 0 amide bonds. The molecular weight excluding hydrogens is 205 g/mol. The summed E-state index contributed by atoms with van der Waals surface area (Å²) in [6, 6.07) is 0.736. The Bertz CT molecular complexity index is 316. The Balaban J connectivity index is 2.55. The highest BCUT2D eigenvalue weighted by molar-refractivity contribution is 7.10. The Morgan fingerprint density at radius 2 is 2.50 bits per heavy atom. The summed E-state index contributed by atoms with van der Waals surface area (Å²) < 4.78 is 4.68. The fourth-order valence-electron chi connectivity index (χ4n) is 0.894. The molecule has 0 aliphatic rings. The zero-order chi connectivity index (χ0) is 10.6. The van der Waals surface area contributed by atoms with Crippen molar-refractivity contribution in [2.45, 2.75) is 12.5 Å². The average Bonchev–Trinajstić information content (AvgIpc) is 2.53. The normalized spacial score (nSPS) is 12.1. The lowest BCUT2D eigenvalue weighted by Gasteiger charge is -2.02. The molecule has 14 heavy (non-hydrogen) atoms. The molecule has 0 saturated carbocycles. The van der Waals surface area contributed by atoms with Crippen LogP contribution in [0.15, 0.2) is 11.4 Å². The SMILES string of the molecule is N[C@@H](Cc1cc(O[B]O)cs1)C(=O)O. The molecule has 1 atom stereocenters. The van der Waals surface area contributed by atoms with Gasteiger partial charge in [0.15, 0.2) is 0 Å². The van der Waals surface area contributed by atoms with E-state index in [1.807, 2.05) is 0 Å². The monoisotopic (exact) mass is 214 g/mol. The predicted molar refractivity (Wildman–Crippen MR) is 52.2 cm³/mol. The van der Waals surface area contributed by atoms with Crippen molar-refractivity contribution in [3.8, 4) is 5.75 Å². The van der Waals surface area contributed by atoms with E-state index in [9.17, 15) is 4.79 Å². The number of carboxylic acid groups (broad SMARTS) is 1. The molecule has 0 spiro atoms. The van der Waals surface area contributed by atoms with Crippen LogP contribution in [0.2, 0.25) is 0 Å². The number of nitrogens with two attached hydrogens (primary N) is 1. The zero-order valence-electron chi connectivity index (χ0n) is 7.21. The number of aliphatic carboxylic acids is 1. The van der Waals surface area contributed by atoms with E-state index in [0.29, 0.717) is 13.4 Å². The molecule has 1 radical (unpaired) electrons. The van der Waals surface area contributed by atoms with Gasteiger partial charge in [-0.1, -0.05) is 0 Å². The maximum absolute atomic E-state index is 10.4. The van der Waals surface area contributed by atoms with E-state index in [2.05, 4.69) is 4.65 Å². The van der Waals surface area contributed by atoms with Gasteiger partial charge in [0.1, 0.15) is 11.8 Å². The molecule has 7 heteroatoms. The van der Waals surface area contributed by atoms with Gasteiger partial charge in [-0.25, -0.2) is 0 Å². The van der Waals surface area contributed by atoms with Gasteiger partial charge in [-0.15, -0.1) is 11.3 Å². The number of rotatable bonds is 5. The molecular formula is C7H9BNO4S. The van der Waals surface area contributed by atoms with Crippen LogP contribution in [0.1, 0.15) is 4.88 Å². The van der Waals surface area contributed by atoms with Crippen LogP contribution in [0, 0.1) is 0 Å². The van der Waals surface area contributed by atoms with Crippen molar-refractivity contribution in [2.75, 3.05) is 0 Å². The molecule has 0 aliphatic heterocycles. The summed E-state index contributed by atoms with van der Waals surface area (Å²) in [7, 11) is 0.572. The second-order valence-electron chi connectivity index (χ2n) is 2.62. The van der Waals surface area contributed by atoms with Crippen molar-refractivity contribution in [3.05, 3.63) is 16.3 Å². The molecule has 0 aromatic carbocycles. The summed E-state index contributed by atoms with van der Waals surface area (Å²) in [5.41, 5.74) is 5.34.